The van der Waals surface area contributed by atoms with Crippen molar-refractivity contribution >= 4 is 21.8 Å². The first kappa shape index (κ1) is 13.9. The fraction of sp³-hybridized carbons (Fsp3) is 0.900. The Balaban J connectivity index is 3.42. The van der Waals surface area contributed by atoms with Crippen LogP contribution in [-0.2, 0) is 9.53 Å². The lowest BCUT2D eigenvalue weighted by Crippen LogP contribution is -2.38. The lowest BCUT2D eigenvalue weighted by molar-refractivity contribution is -0.122. The topological polar surface area (TPSA) is 38.3 Å². The minimum Gasteiger partial charge on any atom is -0.379 e. The predicted octanol–water partition coefficient (Wildman–Crippen LogP) is 2.09. The highest BCUT2D eigenvalue weighted by atomic mass is 79.9. The molecule has 0 saturated carbocycles. The predicted molar refractivity (Wildman–Crippen MR) is 61.7 cm³/mol. The smallest absolute Gasteiger partial charge is 0.236 e. The van der Waals surface area contributed by atoms with Gasteiger partial charge in [-0.15, -0.1) is 0 Å². The molecule has 0 aliphatic rings. The molecule has 0 saturated heterocycles. The molecule has 84 valence electrons. The van der Waals surface area contributed by atoms with Gasteiger partial charge in [0, 0.05) is 13.2 Å². The Morgan fingerprint density at radius 1 is 1.50 bits per heavy atom. The summed E-state index contributed by atoms with van der Waals surface area (Å²) in [6, 6.07) is 0. The summed E-state index contributed by atoms with van der Waals surface area (Å²) >= 11 is 3.29. The molecule has 4 heteroatoms. The summed E-state index contributed by atoms with van der Waals surface area (Å²) in [7, 11) is 0. The normalized spacial score (nSPS) is 11.9. The quantitative estimate of drug-likeness (QED) is 0.590. The third-order valence-electron chi connectivity index (χ3n) is 1.60. The van der Waals surface area contributed by atoms with Crippen molar-refractivity contribution in [1.29, 1.82) is 0 Å². The molecule has 1 N–H and O–H groups in total. The van der Waals surface area contributed by atoms with Crippen molar-refractivity contribution in [2.45, 2.75) is 44.5 Å². The molecule has 0 aliphatic heterocycles. The van der Waals surface area contributed by atoms with Crippen molar-refractivity contribution in [3.63, 3.8) is 0 Å². The lowest BCUT2D eigenvalue weighted by Gasteiger charge is -2.15. The highest BCUT2D eigenvalue weighted by Gasteiger charge is 2.22. The van der Waals surface area contributed by atoms with Gasteiger partial charge in [-0.3, -0.25) is 4.79 Å². The van der Waals surface area contributed by atoms with E-state index in [1.807, 2.05) is 27.7 Å². The van der Waals surface area contributed by atoms with Crippen molar-refractivity contribution in [2.24, 2.45) is 0 Å². The standard InChI is InChI=1S/C10H20BrNO2/c1-8(2)14-7-5-6-12-9(13)10(3,4)11/h8H,5-7H2,1-4H3,(H,12,13). The van der Waals surface area contributed by atoms with Crippen molar-refractivity contribution in [2.75, 3.05) is 13.2 Å². The molecule has 0 bridgehead atoms. The van der Waals surface area contributed by atoms with Crippen molar-refractivity contribution < 1.29 is 9.53 Å². The van der Waals surface area contributed by atoms with Crippen LogP contribution >= 0.6 is 15.9 Å². The van der Waals surface area contributed by atoms with E-state index >= 15 is 0 Å². The third-order valence-corrected chi connectivity index (χ3v) is 1.96. The molecule has 0 radical (unpaired) electrons. The van der Waals surface area contributed by atoms with Crippen LogP contribution in [0, 0.1) is 0 Å². The van der Waals surface area contributed by atoms with Crippen LogP contribution in [0.15, 0.2) is 0 Å². The van der Waals surface area contributed by atoms with Gasteiger partial charge in [-0.2, -0.15) is 0 Å². The molecule has 3 nitrogen and oxygen atoms in total. The highest BCUT2D eigenvalue weighted by molar-refractivity contribution is 9.10. The molecule has 0 aromatic rings. The van der Waals surface area contributed by atoms with Gasteiger partial charge in [-0.1, -0.05) is 15.9 Å². The molecule has 14 heavy (non-hydrogen) atoms. The Morgan fingerprint density at radius 2 is 2.07 bits per heavy atom. The van der Waals surface area contributed by atoms with Crippen LogP contribution in [-0.4, -0.2) is 29.5 Å². The molecular formula is C10H20BrNO2. The van der Waals surface area contributed by atoms with Crippen LogP contribution in [0.3, 0.4) is 0 Å². The van der Waals surface area contributed by atoms with Crippen molar-refractivity contribution in [3.8, 4) is 0 Å². The zero-order valence-electron chi connectivity index (χ0n) is 9.39. The molecule has 0 spiro atoms. The largest absolute Gasteiger partial charge is 0.379 e. The molecule has 0 rings (SSSR count). The summed E-state index contributed by atoms with van der Waals surface area (Å²) in [4.78, 5) is 11.4. The average molecular weight is 266 g/mol. The van der Waals surface area contributed by atoms with Gasteiger partial charge in [-0.05, 0) is 34.1 Å². The van der Waals surface area contributed by atoms with E-state index in [0.717, 1.165) is 6.42 Å². The van der Waals surface area contributed by atoms with E-state index in [0.29, 0.717) is 13.2 Å². The van der Waals surface area contributed by atoms with E-state index in [-0.39, 0.29) is 12.0 Å². The number of carbonyl (C=O) groups is 1. The third kappa shape index (κ3) is 7.33. The fourth-order valence-corrected chi connectivity index (χ4v) is 0.943. The molecule has 0 unspecified atom stereocenters. The highest BCUT2D eigenvalue weighted by Crippen LogP contribution is 2.14. The maximum atomic E-state index is 11.4. The number of halogens is 1. The number of alkyl halides is 1. The number of nitrogens with one attached hydrogen (secondary N) is 1. The molecular weight excluding hydrogens is 246 g/mol. The molecule has 0 fully saturated rings. The van der Waals surface area contributed by atoms with E-state index in [1.165, 1.54) is 0 Å². The van der Waals surface area contributed by atoms with Crippen molar-refractivity contribution in [3.05, 3.63) is 0 Å². The van der Waals surface area contributed by atoms with Gasteiger partial charge in [0.15, 0.2) is 0 Å². The Labute approximate surface area is 94.7 Å². The van der Waals surface area contributed by atoms with Gasteiger partial charge in [0.05, 0.1) is 10.4 Å². The summed E-state index contributed by atoms with van der Waals surface area (Å²) in [6.45, 7) is 9.02. The Hall–Kier alpha value is -0.0900. The summed E-state index contributed by atoms with van der Waals surface area (Å²) in [5, 5.41) is 2.83. The average Bonchev–Trinajstić information content (AvgIpc) is 2.01. The van der Waals surface area contributed by atoms with Crippen LogP contribution in [0.2, 0.25) is 0 Å². The van der Waals surface area contributed by atoms with E-state index in [9.17, 15) is 4.79 Å². The summed E-state index contributed by atoms with van der Waals surface area (Å²) in [5.74, 6) is 0.0158. The number of hydrogen-bond donors (Lipinski definition) is 1. The number of ether oxygens (including phenoxy) is 1. The molecule has 0 heterocycles. The summed E-state index contributed by atoms with van der Waals surface area (Å²) in [5.41, 5.74) is 0. The number of hydrogen-bond acceptors (Lipinski definition) is 2. The van der Waals surface area contributed by atoms with Crippen LogP contribution in [0.1, 0.15) is 34.1 Å². The maximum Gasteiger partial charge on any atom is 0.236 e. The zero-order valence-corrected chi connectivity index (χ0v) is 11.0. The van der Waals surface area contributed by atoms with Crippen LogP contribution < -0.4 is 5.32 Å². The Bertz CT molecular complexity index is 175. The van der Waals surface area contributed by atoms with Gasteiger partial charge in [0.25, 0.3) is 0 Å². The van der Waals surface area contributed by atoms with Gasteiger partial charge < -0.3 is 10.1 Å². The second kappa shape index (κ2) is 6.40. The molecule has 1 amide bonds. The van der Waals surface area contributed by atoms with Crippen molar-refractivity contribution in [1.82, 2.24) is 5.32 Å². The van der Waals surface area contributed by atoms with Gasteiger partial charge in [0.1, 0.15) is 0 Å². The zero-order chi connectivity index (χ0) is 11.2. The number of carbonyl (C=O) groups excluding carboxylic acids is 1. The lowest BCUT2D eigenvalue weighted by atomic mass is 10.2. The van der Waals surface area contributed by atoms with Gasteiger partial charge >= 0.3 is 0 Å². The van der Waals surface area contributed by atoms with E-state index < -0.39 is 4.32 Å². The van der Waals surface area contributed by atoms with E-state index in [2.05, 4.69) is 21.2 Å². The van der Waals surface area contributed by atoms with Crippen LogP contribution in [0.25, 0.3) is 0 Å². The maximum absolute atomic E-state index is 11.4. The van der Waals surface area contributed by atoms with Crippen LogP contribution in [0.5, 0.6) is 0 Å². The molecule has 0 aliphatic carbocycles. The first-order valence-electron chi connectivity index (χ1n) is 4.93. The van der Waals surface area contributed by atoms with Gasteiger partial charge in [0.2, 0.25) is 5.91 Å². The first-order valence-corrected chi connectivity index (χ1v) is 5.72. The van der Waals surface area contributed by atoms with Gasteiger partial charge in [-0.25, -0.2) is 0 Å². The molecule has 0 atom stereocenters. The molecule has 0 aromatic carbocycles. The minimum atomic E-state index is -0.480. The minimum absolute atomic E-state index is 0.0158. The van der Waals surface area contributed by atoms with E-state index in [4.69, 9.17) is 4.74 Å². The summed E-state index contributed by atoms with van der Waals surface area (Å²) in [6.07, 6.45) is 1.12. The van der Waals surface area contributed by atoms with E-state index in [1.54, 1.807) is 0 Å². The fourth-order valence-electron chi connectivity index (χ4n) is 0.803. The second-order valence-corrected chi connectivity index (χ2v) is 5.98. The monoisotopic (exact) mass is 265 g/mol. The Kier molecular flexibility index (Phi) is 6.36. The van der Waals surface area contributed by atoms with Crippen LogP contribution in [0.4, 0.5) is 0 Å². The SMILES string of the molecule is CC(C)OCCCNC(=O)C(C)(C)Br. The number of rotatable bonds is 6. The summed E-state index contributed by atoms with van der Waals surface area (Å²) < 4.78 is 4.87. The first-order chi connectivity index (χ1) is 6.34. The second-order valence-electron chi connectivity index (χ2n) is 4.00. The number of amides is 1. The molecule has 0 aromatic heterocycles. The Morgan fingerprint density at radius 3 is 2.50 bits per heavy atom.